The molecule has 0 fully saturated rings. The zero-order valence-corrected chi connectivity index (χ0v) is 13.0. The van der Waals surface area contributed by atoms with Gasteiger partial charge < -0.3 is 0 Å². The van der Waals surface area contributed by atoms with Crippen LogP contribution in [0.15, 0.2) is 41.6 Å². The Morgan fingerprint density at radius 2 is 1.67 bits per heavy atom. The number of rotatable bonds is 4. The second-order valence-electron chi connectivity index (χ2n) is 4.99. The monoisotopic (exact) mass is 308 g/mol. The van der Waals surface area contributed by atoms with E-state index in [1.807, 2.05) is 0 Å². The summed E-state index contributed by atoms with van der Waals surface area (Å²) < 4.78 is 39.9. The van der Waals surface area contributed by atoms with Gasteiger partial charge in [0, 0.05) is 26.0 Å². The van der Waals surface area contributed by atoms with E-state index >= 15 is 0 Å². The lowest BCUT2D eigenvalue weighted by Gasteiger charge is -2.20. The fourth-order valence-corrected chi connectivity index (χ4v) is 3.85. The molecule has 21 heavy (non-hydrogen) atoms. The second-order valence-corrected chi connectivity index (χ2v) is 6.97. The molecule has 1 aromatic carbocycles. The highest BCUT2D eigenvalue weighted by Crippen LogP contribution is 2.25. The SMILES string of the molecule is Cc1cc(F)cc(C)c1S(=O)(=O)N(C)Cc1ccncc1. The van der Waals surface area contributed by atoms with E-state index in [1.165, 1.54) is 23.5 Å². The smallest absolute Gasteiger partial charge is 0.243 e. The van der Waals surface area contributed by atoms with Gasteiger partial charge in [0.2, 0.25) is 10.0 Å². The Balaban J connectivity index is 2.38. The number of halogens is 1. The molecule has 0 radical (unpaired) electrons. The largest absolute Gasteiger partial charge is 0.265 e. The molecule has 1 heterocycles. The predicted octanol–water partition coefficient (Wildman–Crippen LogP) is 2.66. The average molecular weight is 308 g/mol. The lowest BCUT2D eigenvalue weighted by Crippen LogP contribution is -2.27. The van der Waals surface area contributed by atoms with Crippen LogP contribution in [-0.4, -0.2) is 24.8 Å². The van der Waals surface area contributed by atoms with Gasteiger partial charge in [-0.15, -0.1) is 0 Å². The molecule has 0 amide bonds. The molecule has 0 saturated carbocycles. The molecular formula is C15H17FN2O2S. The lowest BCUT2D eigenvalue weighted by molar-refractivity contribution is 0.465. The van der Waals surface area contributed by atoms with Gasteiger partial charge >= 0.3 is 0 Å². The number of aryl methyl sites for hydroxylation is 2. The number of hydrogen-bond acceptors (Lipinski definition) is 3. The lowest BCUT2D eigenvalue weighted by atomic mass is 10.1. The number of nitrogens with zero attached hydrogens (tertiary/aromatic N) is 2. The van der Waals surface area contributed by atoms with E-state index in [0.717, 1.165) is 5.56 Å². The van der Waals surface area contributed by atoms with E-state index in [4.69, 9.17) is 0 Å². The van der Waals surface area contributed by atoms with Crippen molar-refractivity contribution in [2.75, 3.05) is 7.05 Å². The van der Waals surface area contributed by atoms with Crippen LogP contribution in [0.25, 0.3) is 0 Å². The predicted molar refractivity (Wildman–Crippen MR) is 78.8 cm³/mol. The summed E-state index contributed by atoms with van der Waals surface area (Å²) >= 11 is 0. The summed E-state index contributed by atoms with van der Waals surface area (Å²) in [6.07, 6.45) is 3.23. The summed E-state index contributed by atoms with van der Waals surface area (Å²) in [5.74, 6) is -0.430. The normalized spacial score (nSPS) is 11.9. The minimum atomic E-state index is -3.67. The first-order valence-electron chi connectivity index (χ1n) is 6.44. The number of hydrogen-bond donors (Lipinski definition) is 0. The molecule has 0 bridgehead atoms. The number of sulfonamides is 1. The maximum atomic E-state index is 13.3. The van der Waals surface area contributed by atoms with Gasteiger partial charge in [-0.1, -0.05) is 0 Å². The summed E-state index contributed by atoms with van der Waals surface area (Å²) in [6.45, 7) is 3.44. The molecular weight excluding hydrogens is 291 g/mol. The first-order chi connectivity index (χ1) is 9.82. The highest BCUT2D eigenvalue weighted by atomic mass is 32.2. The standard InChI is InChI=1S/C15H17FN2O2S/c1-11-8-14(16)9-12(2)15(11)21(19,20)18(3)10-13-4-6-17-7-5-13/h4-9H,10H2,1-3H3. The van der Waals surface area contributed by atoms with E-state index in [1.54, 1.807) is 38.4 Å². The Morgan fingerprint density at radius 1 is 1.14 bits per heavy atom. The molecule has 0 aliphatic carbocycles. The fraction of sp³-hybridized carbons (Fsp3) is 0.267. The maximum absolute atomic E-state index is 13.3. The first-order valence-corrected chi connectivity index (χ1v) is 7.88. The van der Waals surface area contributed by atoms with Crippen LogP contribution in [0.2, 0.25) is 0 Å². The minimum Gasteiger partial charge on any atom is -0.265 e. The highest BCUT2D eigenvalue weighted by molar-refractivity contribution is 7.89. The van der Waals surface area contributed by atoms with Crippen LogP contribution < -0.4 is 0 Å². The summed E-state index contributed by atoms with van der Waals surface area (Å²) in [5.41, 5.74) is 1.66. The Kier molecular flexibility index (Phi) is 4.39. The summed E-state index contributed by atoms with van der Waals surface area (Å²) in [4.78, 5) is 4.07. The van der Waals surface area contributed by atoms with E-state index in [-0.39, 0.29) is 11.4 Å². The molecule has 0 saturated heterocycles. The summed E-state index contributed by atoms with van der Waals surface area (Å²) in [6, 6.07) is 5.99. The Bertz CT molecular complexity index is 723. The molecule has 2 aromatic rings. The van der Waals surface area contributed by atoms with Crippen LogP contribution >= 0.6 is 0 Å². The van der Waals surface area contributed by atoms with Crippen molar-refractivity contribution in [3.63, 3.8) is 0 Å². The van der Waals surface area contributed by atoms with Gasteiger partial charge in [0.05, 0.1) is 4.90 Å². The zero-order chi connectivity index (χ0) is 15.6. The molecule has 1 aromatic heterocycles. The Morgan fingerprint density at radius 3 is 2.19 bits per heavy atom. The van der Waals surface area contributed by atoms with Crippen molar-refractivity contribution in [1.29, 1.82) is 0 Å². The van der Waals surface area contributed by atoms with Crippen molar-refractivity contribution in [2.45, 2.75) is 25.3 Å². The molecule has 0 N–H and O–H groups in total. The molecule has 0 aliphatic rings. The van der Waals surface area contributed by atoms with Crippen LogP contribution in [0.1, 0.15) is 16.7 Å². The van der Waals surface area contributed by atoms with Crippen LogP contribution in [0.4, 0.5) is 4.39 Å². The molecule has 0 unspecified atom stereocenters. The van der Waals surface area contributed by atoms with Gasteiger partial charge in [0.15, 0.2) is 0 Å². The fourth-order valence-electron chi connectivity index (χ4n) is 2.29. The van der Waals surface area contributed by atoms with Gasteiger partial charge in [-0.3, -0.25) is 4.98 Å². The Hall–Kier alpha value is -1.79. The minimum absolute atomic E-state index is 0.167. The third kappa shape index (κ3) is 3.28. The maximum Gasteiger partial charge on any atom is 0.243 e. The first kappa shape index (κ1) is 15.6. The second kappa shape index (κ2) is 5.91. The van der Waals surface area contributed by atoms with E-state index in [2.05, 4.69) is 4.98 Å². The number of aromatic nitrogens is 1. The van der Waals surface area contributed by atoms with E-state index < -0.39 is 15.8 Å². The van der Waals surface area contributed by atoms with Crippen LogP contribution in [0.5, 0.6) is 0 Å². The van der Waals surface area contributed by atoms with Crippen molar-refractivity contribution in [3.8, 4) is 0 Å². The van der Waals surface area contributed by atoms with E-state index in [9.17, 15) is 12.8 Å². The third-order valence-corrected chi connectivity index (χ3v) is 5.36. The van der Waals surface area contributed by atoms with Crippen molar-refractivity contribution in [3.05, 3.63) is 59.2 Å². The number of pyridine rings is 1. The van der Waals surface area contributed by atoms with Crippen molar-refractivity contribution in [1.82, 2.24) is 9.29 Å². The summed E-state index contributed by atoms with van der Waals surface area (Å²) in [7, 11) is -2.16. The topological polar surface area (TPSA) is 50.3 Å². The van der Waals surface area contributed by atoms with Gasteiger partial charge in [-0.05, 0) is 54.8 Å². The van der Waals surface area contributed by atoms with Crippen LogP contribution in [-0.2, 0) is 16.6 Å². The molecule has 0 spiro atoms. The summed E-state index contributed by atoms with van der Waals surface area (Å²) in [5, 5.41) is 0. The van der Waals surface area contributed by atoms with Crippen molar-refractivity contribution in [2.24, 2.45) is 0 Å². The highest BCUT2D eigenvalue weighted by Gasteiger charge is 2.25. The molecule has 0 atom stereocenters. The van der Waals surface area contributed by atoms with E-state index in [0.29, 0.717) is 11.1 Å². The molecule has 0 aliphatic heterocycles. The molecule has 2 rings (SSSR count). The Labute approximate surface area is 124 Å². The van der Waals surface area contributed by atoms with Gasteiger partial charge in [0.1, 0.15) is 5.82 Å². The van der Waals surface area contributed by atoms with Crippen molar-refractivity contribution >= 4 is 10.0 Å². The quantitative estimate of drug-likeness (QED) is 0.872. The van der Waals surface area contributed by atoms with Crippen LogP contribution in [0.3, 0.4) is 0 Å². The molecule has 112 valence electrons. The van der Waals surface area contributed by atoms with Gasteiger partial charge in [0.25, 0.3) is 0 Å². The molecule has 4 nitrogen and oxygen atoms in total. The van der Waals surface area contributed by atoms with Gasteiger partial charge in [-0.25, -0.2) is 12.8 Å². The third-order valence-electron chi connectivity index (χ3n) is 3.25. The van der Waals surface area contributed by atoms with Crippen molar-refractivity contribution < 1.29 is 12.8 Å². The average Bonchev–Trinajstić information content (AvgIpc) is 2.38. The van der Waals surface area contributed by atoms with Crippen LogP contribution in [0, 0.1) is 19.7 Å². The number of benzene rings is 1. The molecule has 6 heteroatoms. The van der Waals surface area contributed by atoms with Gasteiger partial charge in [-0.2, -0.15) is 4.31 Å². The zero-order valence-electron chi connectivity index (χ0n) is 12.2.